The number of aromatic nitrogens is 3. The second-order valence-electron chi connectivity index (χ2n) is 2.77. The van der Waals surface area contributed by atoms with Crippen LogP contribution in [-0.4, -0.2) is 26.3 Å². The summed E-state index contributed by atoms with van der Waals surface area (Å²) >= 11 is 0. The Morgan fingerprint density at radius 1 is 1.46 bits per heavy atom. The standard InChI is InChI=1S/C8H10N4O/c9-6-1-2-8-10-7(3-4-13)11-12(8)5-6/h1-2,5,13H,3-4,9H2. The minimum Gasteiger partial charge on any atom is -0.397 e. The van der Waals surface area contributed by atoms with Crippen LogP contribution in [0.1, 0.15) is 5.82 Å². The summed E-state index contributed by atoms with van der Waals surface area (Å²) in [5.41, 5.74) is 6.96. The van der Waals surface area contributed by atoms with Crippen molar-refractivity contribution >= 4 is 11.3 Å². The van der Waals surface area contributed by atoms with Crippen molar-refractivity contribution in [1.82, 2.24) is 14.6 Å². The molecule has 0 aliphatic heterocycles. The zero-order valence-electron chi connectivity index (χ0n) is 7.01. The zero-order valence-corrected chi connectivity index (χ0v) is 7.01. The van der Waals surface area contributed by atoms with Crippen LogP contribution in [0.3, 0.4) is 0 Å². The average molecular weight is 178 g/mol. The van der Waals surface area contributed by atoms with E-state index in [0.717, 1.165) is 5.65 Å². The van der Waals surface area contributed by atoms with Crippen LogP contribution in [0.25, 0.3) is 5.65 Å². The van der Waals surface area contributed by atoms with E-state index in [1.54, 1.807) is 22.8 Å². The van der Waals surface area contributed by atoms with Gasteiger partial charge in [0.2, 0.25) is 0 Å². The van der Waals surface area contributed by atoms with Gasteiger partial charge in [-0.25, -0.2) is 9.50 Å². The summed E-state index contributed by atoms with van der Waals surface area (Å²) in [6.07, 6.45) is 2.17. The number of aliphatic hydroxyl groups is 1. The second kappa shape index (κ2) is 3.02. The predicted octanol–water partition coefficient (Wildman–Crippen LogP) is -0.154. The van der Waals surface area contributed by atoms with E-state index >= 15 is 0 Å². The van der Waals surface area contributed by atoms with Crippen LogP contribution < -0.4 is 5.73 Å². The maximum atomic E-state index is 8.69. The van der Waals surface area contributed by atoms with Gasteiger partial charge in [0.15, 0.2) is 11.5 Å². The van der Waals surface area contributed by atoms with E-state index in [9.17, 15) is 0 Å². The summed E-state index contributed by atoms with van der Waals surface area (Å²) < 4.78 is 1.61. The fourth-order valence-electron chi connectivity index (χ4n) is 1.15. The van der Waals surface area contributed by atoms with E-state index < -0.39 is 0 Å². The van der Waals surface area contributed by atoms with Gasteiger partial charge in [0.05, 0.1) is 18.5 Å². The van der Waals surface area contributed by atoms with Gasteiger partial charge >= 0.3 is 0 Å². The Morgan fingerprint density at radius 3 is 3.08 bits per heavy atom. The Bertz CT molecular complexity index is 423. The number of hydrogen-bond donors (Lipinski definition) is 2. The van der Waals surface area contributed by atoms with Crippen LogP contribution in [0.15, 0.2) is 18.3 Å². The maximum Gasteiger partial charge on any atom is 0.155 e. The normalized spacial score (nSPS) is 10.8. The van der Waals surface area contributed by atoms with E-state index in [-0.39, 0.29) is 6.61 Å². The number of aliphatic hydroxyl groups excluding tert-OH is 1. The summed E-state index contributed by atoms with van der Waals surface area (Å²) in [5, 5.41) is 12.8. The lowest BCUT2D eigenvalue weighted by Gasteiger charge is -1.91. The first kappa shape index (κ1) is 8.00. The third-order valence-corrected chi connectivity index (χ3v) is 1.73. The lowest BCUT2D eigenvalue weighted by molar-refractivity contribution is 0.296. The number of pyridine rings is 1. The van der Waals surface area contributed by atoms with Crippen molar-refractivity contribution in [2.24, 2.45) is 0 Å². The SMILES string of the molecule is Nc1ccc2nc(CCO)nn2c1. The van der Waals surface area contributed by atoms with Crippen molar-refractivity contribution in [3.63, 3.8) is 0 Å². The second-order valence-corrected chi connectivity index (χ2v) is 2.77. The number of nitrogens with zero attached hydrogens (tertiary/aromatic N) is 3. The smallest absolute Gasteiger partial charge is 0.155 e. The van der Waals surface area contributed by atoms with Crippen molar-refractivity contribution in [3.8, 4) is 0 Å². The topological polar surface area (TPSA) is 76.4 Å². The van der Waals surface area contributed by atoms with E-state index in [4.69, 9.17) is 10.8 Å². The molecule has 5 nitrogen and oxygen atoms in total. The Labute approximate surface area is 74.8 Å². The fourth-order valence-corrected chi connectivity index (χ4v) is 1.15. The van der Waals surface area contributed by atoms with Crippen molar-refractivity contribution in [1.29, 1.82) is 0 Å². The van der Waals surface area contributed by atoms with Gasteiger partial charge in [-0.1, -0.05) is 0 Å². The molecule has 0 saturated carbocycles. The highest BCUT2D eigenvalue weighted by atomic mass is 16.3. The molecule has 0 spiro atoms. The summed E-state index contributed by atoms with van der Waals surface area (Å²) in [6.45, 7) is 0.0619. The van der Waals surface area contributed by atoms with Crippen LogP contribution in [0, 0.1) is 0 Å². The lowest BCUT2D eigenvalue weighted by Crippen LogP contribution is -1.94. The molecule has 68 valence electrons. The Balaban J connectivity index is 2.49. The summed E-state index contributed by atoms with van der Waals surface area (Å²) in [6, 6.07) is 3.57. The van der Waals surface area contributed by atoms with Crippen molar-refractivity contribution < 1.29 is 5.11 Å². The lowest BCUT2D eigenvalue weighted by atomic mass is 10.4. The molecular weight excluding hydrogens is 168 g/mol. The molecule has 13 heavy (non-hydrogen) atoms. The first-order valence-corrected chi connectivity index (χ1v) is 4.01. The molecule has 0 aliphatic carbocycles. The quantitative estimate of drug-likeness (QED) is 0.670. The molecule has 0 atom stereocenters. The van der Waals surface area contributed by atoms with Gasteiger partial charge in [0.25, 0.3) is 0 Å². The first-order chi connectivity index (χ1) is 6.29. The van der Waals surface area contributed by atoms with E-state index in [1.807, 2.05) is 0 Å². The zero-order chi connectivity index (χ0) is 9.26. The number of rotatable bonds is 2. The van der Waals surface area contributed by atoms with Crippen LogP contribution >= 0.6 is 0 Å². The number of nitrogens with two attached hydrogens (primary N) is 1. The largest absolute Gasteiger partial charge is 0.397 e. The average Bonchev–Trinajstić information content (AvgIpc) is 2.46. The Hall–Kier alpha value is -1.62. The third-order valence-electron chi connectivity index (χ3n) is 1.73. The predicted molar refractivity (Wildman–Crippen MR) is 48.2 cm³/mol. The van der Waals surface area contributed by atoms with Gasteiger partial charge in [-0.15, -0.1) is 0 Å². The van der Waals surface area contributed by atoms with Crippen molar-refractivity contribution in [2.75, 3.05) is 12.3 Å². The summed E-state index contributed by atoms with van der Waals surface area (Å²) in [5.74, 6) is 0.633. The molecule has 2 aromatic heterocycles. The molecule has 2 heterocycles. The van der Waals surface area contributed by atoms with Crippen LogP contribution in [0.4, 0.5) is 5.69 Å². The van der Waals surface area contributed by atoms with E-state index in [0.29, 0.717) is 17.9 Å². The van der Waals surface area contributed by atoms with Gasteiger partial charge in [0.1, 0.15) is 0 Å². The van der Waals surface area contributed by atoms with Gasteiger partial charge < -0.3 is 10.8 Å². The van der Waals surface area contributed by atoms with Gasteiger partial charge in [0, 0.05) is 6.42 Å². The van der Waals surface area contributed by atoms with E-state index in [1.165, 1.54) is 0 Å². The fraction of sp³-hybridized carbons (Fsp3) is 0.250. The minimum atomic E-state index is 0.0619. The van der Waals surface area contributed by atoms with Crippen molar-refractivity contribution in [2.45, 2.75) is 6.42 Å². The molecule has 0 amide bonds. The molecule has 0 aliphatic rings. The number of hydrogen-bond acceptors (Lipinski definition) is 4. The molecule has 0 fully saturated rings. The molecule has 0 radical (unpaired) electrons. The first-order valence-electron chi connectivity index (χ1n) is 4.01. The Morgan fingerprint density at radius 2 is 2.31 bits per heavy atom. The third kappa shape index (κ3) is 1.46. The van der Waals surface area contributed by atoms with Crippen LogP contribution in [0.2, 0.25) is 0 Å². The van der Waals surface area contributed by atoms with Crippen LogP contribution in [-0.2, 0) is 6.42 Å². The van der Waals surface area contributed by atoms with Crippen molar-refractivity contribution in [3.05, 3.63) is 24.2 Å². The number of nitrogen functional groups attached to an aromatic ring is 1. The molecule has 3 N–H and O–H groups in total. The summed E-state index contributed by atoms with van der Waals surface area (Å²) in [7, 11) is 0. The monoisotopic (exact) mass is 178 g/mol. The highest BCUT2D eigenvalue weighted by molar-refractivity contribution is 5.46. The Kier molecular flexibility index (Phi) is 1.86. The molecule has 0 bridgehead atoms. The molecule has 0 saturated heterocycles. The highest BCUT2D eigenvalue weighted by Crippen LogP contribution is 2.05. The number of fused-ring (bicyclic) bond motifs is 1. The van der Waals surface area contributed by atoms with Gasteiger partial charge in [-0.3, -0.25) is 0 Å². The van der Waals surface area contributed by atoms with Gasteiger partial charge in [-0.2, -0.15) is 5.10 Å². The molecule has 0 aromatic carbocycles. The molecular formula is C8H10N4O. The minimum absolute atomic E-state index is 0.0619. The summed E-state index contributed by atoms with van der Waals surface area (Å²) in [4.78, 5) is 4.18. The van der Waals surface area contributed by atoms with E-state index in [2.05, 4.69) is 10.1 Å². The highest BCUT2D eigenvalue weighted by Gasteiger charge is 2.01. The molecule has 5 heteroatoms. The molecule has 2 aromatic rings. The van der Waals surface area contributed by atoms with Gasteiger partial charge in [-0.05, 0) is 12.1 Å². The molecule has 2 rings (SSSR count). The van der Waals surface area contributed by atoms with Crippen LogP contribution in [0.5, 0.6) is 0 Å². The number of anilines is 1. The maximum absolute atomic E-state index is 8.69. The molecule has 0 unspecified atom stereocenters.